The lowest BCUT2D eigenvalue weighted by Crippen LogP contribution is -2.19. The largest absolute Gasteiger partial charge is 0.478 e. The van der Waals surface area contributed by atoms with Crippen LogP contribution in [0, 0.1) is 0 Å². The SMILES string of the molecule is O=C(O)C=CC(=O)O.O=C1N=c2ccccc2=N1. The Morgan fingerprint density at radius 3 is 1.67 bits per heavy atom. The van der Waals surface area contributed by atoms with Crippen LogP contribution in [-0.2, 0) is 9.59 Å². The molecule has 0 saturated heterocycles. The normalized spacial score (nSPS) is 11.9. The highest BCUT2D eigenvalue weighted by molar-refractivity contribution is 5.89. The molecule has 0 aliphatic carbocycles. The van der Waals surface area contributed by atoms with Crippen molar-refractivity contribution in [1.29, 1.82) is 0 Å². The highest BCUT2D eigenvalue weighted by Gasteiger charge is 2.01. The van der Waals surface area contributed by atoms with E-state index in [0.29, 0.717) is 22.9 Å². The van der Waals surface area contributed by atoms with E-state index in [1.807, 2.05) is 12.1 Å². The molecular weight excluding hydrogens is 240 g/mol. The average molecular weight is 248 g/mol. The first-order valence-electron chi connectivity index (χ1n) is 4.69. The van der Waals surface area contributed by atoms with Gasteiger partial charge in [0.2, 0.25) is 0 Å². The Morgan fingerprint density at radius 2 is 1.33 bits per heavy atom. The topological polar surface area (TPSA) is 116 Å². The molecule has 0 atom stereocenters. The number of benzene rings is 1. The third-order valence-electron chi connectivity index (χ3n) is 1.68. The molecule has 92 valence electrons. The quantitative estimate of drug-likeness (QED) is 0.701. The minimum atomic E-state index is -1.26. The molecule has 2 amide bonds. The van der Waals surface area contributed by atoms with E-state index in [2.05, 4.69) is 9.98 Å². The van der Waals surface area contributed by atoms with Crippen molar-refractivity contribution < 1.29 is 24.6 Å². The first-order chi connectivity index (χ1) is 8.49. The molecule has 2 rings (SSSR count). The van der Waals surface area contributed by atoms with E-state index in [-0.39, 0.29) is 0 Å². The highest BCUT2D eigenvalue weighted by Crippen LogP contribution is 1.83. The summed E-state index contributed by atoms with van der Waals surface area (Å²) in [5.41, 5.74) is 0. The number of carboxylic acids is 2. The summed E-state index contributed by atoms with van der Waals surface area (Å²) in [5, 5.41) is 17.0. The number of amides is 2. The second-order valence-electron chi connectivity index (χ2n) is 3.00. The first-order valence-corrected chi connectivity index (χ1v) is 4.69. The minimum Gasteiger partial charge on any atom is -0.478 e. The van der Waals surface area contributed by atoms with Gasteiger partial charge in [-0.15, -0.1) is 0 Å². The molecule has 7 nitrogen and oxygen atoms in total. The van der Waals surface area contributed by atoms with Gasteiger partial charge in [-0.3, -0.25) is 0 Å². The Kier molecular flexibility index (Phi) is 4.44. The molecule has 1 aromatic carbocycles. The molecule has 1 heterocycles. The summed E-state index contributed by atoms with van der Waals surface area (Å²) >= 11 is 0. The Hall–Kier alpha value is -2.83. The number of aliphatic carboxylic acids is 2. The van der Waals surface area contributed by atoms with Crippen molar-refractivity contribution in [2.24, 2.45) is 9.98 Å². The Morgan fingerprint density at radius 1 is 0.944 bits per heavy atom. The van der Waals surface area contributed by atoms with Gasteiger partial charge >= 0.3 is 18.0 Å². The molecule has 7 heteroatoms. The summed E-state index contributed by atoms with van der Waals surface area (Å²) < 4.78 is 0. The van der Waals surface area contributed by atoms with Crippen LogP contribution in [0.3, 0.4) is 0 Å². The van der Waals surface area contributed by atoms with Crippen molar-refractivity contribution in [2.45, 2.75) is 0 Å². The Labute approximate surface area is 100 Å². The van der Waals surface area contributed by atoms with Gasteiger partial charge in [0, 0.05) is 12.2 Å². The molecule has 18 heavy (non-hydrogen) atoms. The second-order valence-corrected chi connectivity index (χ2v) is 3.00. The van der Waals surface area contributed by atoms with Gasteiger partial charge in [-0.1, -0.05) is 12.1 Å². The maximum atomic E-state index is 10.6. The second kappa shape index (κ2) is 6.04. The molecule has 0 spiro atoms. The first kappa shape index (κ1) is 13.2. The zero-order chi connectivity index (χ0) is 13.5. The number of carbonyl (C=O) groups excluding carboxylic acids is 1. The van der Waals surface area contributed by atoms with Crippen molar-refractivity contribution in [1.82, 2.24) is 0 Å². The number of fused-ring (bicyclic) bond motifs is 1. The maximum Gasteiger partial charge on any atom is 0.368 e. The molecule has 0 saturated carbocycles. The molecule has 1 aliphatic rings. The summed E-state index contributed by atoms with van der Waals surface area (Å²) in [6.45, 7) is 0. The number of carboxylic acid groups (broad SMARTS) is 2. The molecule has 0 unspecified atom stereocenters. The van der Waals surface area contributed by atoms with Crippen LogP contribution in [0.25, 0.3) is 0 Å². The van der Waals surface area contributed by atoms with E-state index in [9.17, 15) is 14.4 Å². The number of nitrogens with zero attached hydrogens (tertiary/aromatic N) is 2. The molecule has 1 aromatic rings. The lowest BCUT2D eigenvalue weighted by molar-refractivity contribution is -0.134. The third-order valence-corrected chi connectivity index (χ3v) is 1.68. The lowest BCUT2D eigenvalue weighted by atomic mass is 10.3. The molecule has 0 radical (unpaired) electrons. The van der Waals surface area contributed by atoms with E-state index >= 15 is 0 Å². The van der Waals surface area contributed by atoms with Crippen molar-refractivity contribution in [3.8, 4) is 0 Å². The van der Waals surface area contributed by atoms with Crippen LogP contribution in [0.1, 0.15) is 0 Å². The van der Waals surface area contributed by atoms with Crippen LogP contribution in [-0.4, -0.2) is 28.2 Å². The van der Waals surface area contributed by atoms with Gasteiger partial charge in [0.1, 0.15) is 0 Å². The Bertz CT molecular complexity index is 580. The fraction of sp³-hybridized carbons (Fsp3) is 0. The molecule has 0 fully saturated rings. The fourth-order valence-electron chi connectivity index (χ4n) is 1.03. The number of rotatable bonds is 2. The van der Waals surface area contributed by atoms with Crippen LogP contribution in [0.4, 0.5) is 4.79 Å². The number of para-hydroxylation sites is 2. The maximum absolute atomic E-state index is 10.6. The van der Waals surface area contributed by atoms with Crippen LogP contribution in [0.2, 0.25) is 0 Å². The van der Waals surface area contributed by atoms with Crippen LogP contribution < -0.4 is 10.7 Å². The molecular formula is C11H8N2O5. The fourth-order valence-corrected chi connectivity index (χ4v) is 1.03. The number of hydrogen-bond donors (Lipinski definition) is 2. The predicted molar refractivity (Wildman–Crippen MR) is 58.6 cm³/mol. The smallest absolute Gasteiger partial charge is 0.368 e. The van der Waals surface area contributed by atoms with Gasteiger partial charge in [0.15, 0.2) is 0 Å². The number of hydrogen-bond acceptors (Lipinski definition) is 3. The standard InChI is InChI=1S/C7H4N2O.C4H4O4/c10-7-8-5-3-1-2-4-6(5)9-7;5-3(6)1-2-4(7)8/h1-4H;1-2H,(H,5,6)(H,7,8). The van der Waals surface area contributed by atoms with Crippen molar-refractivity contribution in [2.75, 3.05) is 0 Å². The van der Waals surface area contributed by atoms with Crippen molar-refractivity contribution >= 4 is 18.0 Å². The van der Waals surface area contributed by atoms with Crippen LogP contribution in [0.5, 0.6) is 0 Å². The van der Waals surface area contributed by atoms with Crippen molar-refractivity contribution in [3.05, 3.63) is 47.1 Å². The zero-order valence-corrected chi connectivity index (χ0v) is 8.98. The van der Waals surface area contributed by atoms with E-state index in [4.69, 9.17) is 10.2 Å². The van der Waals surface area contributed by atoms with E-state index in [1.165, 1.54) is 0 Å². The van der Waals surface area contributed by atoms with Gasteiger partial charge in [-0.05, 0) is 12.1 Å². The molecule has 0 bridgehead atoms. The summed E-state index contributed by atoms with van der Waals surface area (Å²) in [6.07, 6.45) is 1.12. The zero-order valence-electron chi connectivity index (χ0n) is 8.98. The van der Waals surface area contributed by atoms with Gasteiger partial charge in [-0.25, -0.2) is 14.4 Å². The monoisotopic (exact) mass is 248 g/mol. The summed E-state index contributed by atoms with van der Waals surface area (Å²) in [7, 11) is 0. The van der Waals surface area contributed by atoms with Crippen LogP contribution >= 0.6 is 0 Å². The summed E-state index contributed by atoms with van der Waals surface area (Å²) in [5.74, 6) is -2.51. The average Bonchev–Trinajstić information content (AvgIpc) is 2.67. The van der Waals surface area contributed by atoms with E-state index in [1.54, 1.807) is 12.1 Å². The van der Waals surface area contributed by atoms with E-state index in [0.717, 1.165) is 0 Å². The summed E-state index contributed by atoms with van der Waals surface area (Å²) in [6, 6.07) is 6.79. The van der Waals surface area contributed by atoms with Gasteiger partial charge in [0.05, 0.1) is 10.7 Å². The van der Waals surface area contributed by atoms with Gasteiger partial charge < -0.3 is 10.2 Å². The Balaban J connectivity index is 0.000000187. The number of carbonyl (C=O) groups is 3. The highest BCUT2D eigenvalue weighted by atomic mass is 16.4. The molecule has 2 N–H and O–H groups in total. The molecule has 1 aliphatic heterocycles. The number of urea groups is 1. The summed E-state index contributed by atoms with van der Waals surface area (Å²) in [4.78, 5) is 37.0. The van der Waals surface area contributed by atoms with Gasteiger partial charge in [-0.2, -0.15) is 9.98 Å². The predicted octanol–water partition coefficient (Wildman–Crippen LogP) is -0.229. The van der Waals surface area contributed by atoms with E-state index < -0.39 is 18.0 Å². The third kappa shape index (κ3) is 4.35. The lowest BCUT2D eigenvalue weighted by Gasteiger charge is -1.75. The van der Waals surface area contributed by atoms with Crippen molar-refractivity contribution in [3.63, 3.8) is 0 Å². The molecule has 0 aromatic heterocycles. The van der Waals surface area contributed by atoms with Crippen LogP contribution in [0.15, 0.2) is 46.4 Å². The van der Waals surface area contributed by atoms with Gasteiger partial charge in [0.25, 0.3) is 0 Å². The minimum absolute atomic E-state index is 0.402.